The molecule has 33 heavy (non-hydrogen) atoms. The van der Waals surface area contributed by atoms with Gasteiger partial charge in [-0.2, -0.15) is 5.10 Å². The van der Waals surface area contributed by atoms with Crippen molar-refractivity contribution in [2.75, 3.05) is 10.6 Å². The summed E-state index contributed by atoms with van der Waals surface area (Å²) in [6.07, 6.45) is 2.69. The van der Waals surface area contributed by atoms with Crippen LogP contribution in [0.5, 0.6) is 0 Å². The number of anilines is 2. The van der Waals surface area contributed by atoms with Crippen LogP contribution >= 0.6 is 11.6 Å². The number of aryl methyl sites for hydroxylation is 1. The molecule has 0 bridgehead atoms. The number of amides is 1. The molecule has 6 nitrogen and oxygen atoms in total. The molecule has 168 valence electrons. The molecule has 7 heteroatoms. The lowest BCUT2D eigenvalue weighted by Gasteiger charge is -2.39. The molecular weight excluding hydrogens is 436 g/mol. The van der Waals surface area contributed by atoms with Crippen LogP contribution in [0, 0.1) is 12.3 Å². The fourth-order valence-corrected chi connectivity index (χ4v) is 5.02. The van der Waals surface area contributed by atoms with Gasteiger partial charge in [0.15, 0.2) is 5.78 Å². The molecule has 1 aromatic heterocycles. The number of Topliss-reactive ketones (excluding diaryl/α,β-unsaturated/α-hetero) is 1. The first-order chi connectivity index (χ1) is 15.7. The molecule has 0 saturated heterocycles. The summed E-state index contributed by atoms with van der Waals surface area (Å²) in [5.74, 6) is 0.373. The highest BCUT2D eigenvalue weighted by molar-refractivity contribution is 6.31. The highest BCUT2D eigenvalue weighted by Gasteiger charge is 2.42. The normalized spacial score (nSPS) is 18.9. The van der Waals surface area contributed by atoms with Gasteiger partial charge in [-0.05, 0) is 48.1 Å². The first kappa shape index (κ1) is 21.5. The Morgan fingerprint density at radius 2 is 1.97 bits per heavy atom. The molecule has 0 saturated carbocycles. The number of benzene rings is 2. The van der Waals surface area contributed by atoms with E-state index in [9.17, 15) is 9.59 Å². The second-order valence-electron chi connectivity index (χ2n) is 9.56. The van der Waals surface area contributed by atoms with E-state index in [4.69, 9.17) is 11.6 Å². The number of nitrogens with zero attached hydrogens (tertiary/aromatic N) is 2. The number of carbonyl (C=O) groups excluding carboxylic acids is 2. The molecule has 1 aliphatic carbocycles. The Bertz CT molecular complexity index is 1320. The second-order valence-corrected chi connectivity index (χ2v) is 9.96. The lowest BCUT2D eigenvalue weighted by atomic mass is 9.73. The Labute approximate surface area is 197 Å². The molecule has 2 heterocycles. The van der Waals surface area contributed by atoms with Crippen molar-refractivity contribution in [3.63, 3.8) is 0 Å². The zero-order valence-electron chi connectivity index (χ0n) is 18.8. The van der Waals surface area contributed by atoms with Crippen LogP contribution in [-0.4, -0.2) is 21.5 Å². The molecule has 2 aliphatic rings. The number of aromatic nitrogens is 2. The predicted octanol–water partition coefficient (Wildman–Crippen LogP) is 5.76. The van der Waals surface area contributed by atoms with Gasteiger partial charge in [0.1, 0.15) is 17.4 Å². The van der Waals surface area contributed by atoms with Crippen LogP contribution in [0.25, 0.3) is 0 Å². The summed E-state index contributed by atoms with van der Waals surface area (Å²) in [5.41, 5.74) is 4.29. The highest BCUT2D eigenvalue weighted by atomic mass is 35.5. The van der Waals surface area contributed by atoms with Gasteiger partial charge in [0.2, 0.25) is 0 Å². The highest BCUT2D eigenvalue weighted by Crippen LogP contribution is 2.47. The fourth-order valence-electron chi connectivity index (χ4n) is 4.78. The van der Waals surface area contributed by atoms with Crippen LogP contribution in [0.3, 0.4) is 0 Å². The number of hydrogen-bond acceptors (Lipinski definition) is 4. The number of hydrogen-bond donors (Lipinski definition) is 2. The van der Waals surface area contributed by atoms with E-state index < -0.39 is 6.04 Å². The summed E-state index contributed by atoms with van der Waals surface area (Å²) in [6.45, 7) is 6.14. The zero-order valence-corrected chi connectivity index (χ0v) is 19.5. The summed E-state index contributed by atoms with van der Waals surface area (Å²) in [4.78, 5) is 26.5. The first-order valence-corrected chi connectivity index (χ1v) is 11.3. The average molecular weight is 461 g/mol. The van der Waals surface area contributed by atoms with Crippen molar-refractivity contribution in [2.24, 2.45) is 5.41 Å². The Kier molecular flexibility index (Phi) is 5.13. The lowest BCUT2D eigenvalue weighted by molar-refractivity contribution is -0.118. The van der Waals surface area contributed by atoms with E-state index in [1.54, 1.807) is 10.9 Å². The Morgan fingerprint density at radius 1 is 1.18 bits per heavy atom. The number of fused-ring (bicyclic) bond motifs is 1. The zero-order chi connectivity index (χ0) is 23.3. The third kappa shape index (κ3) is 3.85. The van der Waals surface area contributed by atoms with E-state index in [0.29, 0.717) is 40.5 Å². The molecule has 0 radical (unpaired) electrons. The van der Waals surface area contributed by atoms with Crippen molar-refractivity contribution in [3.8, 4) is 0 Å². The van der Waals surface area contributed by atoms with E-state index >= 15 is 0 Å². The number of rotatable bonds is 3. The van der Waals surface area contributed by atoms with Crippen molar-refractivity contribution in [3.05, 3.63) is 87.7 Å². The summed E-state index contributed by atoms with van der Waals surface area (Å²) in [5, 5.41) is 11.4. The lowest BCUT2D eigenvalue weighted by Crippen LogP contribution is -2.37. The number of nitrogens with one attached hydrogen (secondary N) is 2. The van der Waals surface area contributed by atoms with Crippen molar-refractivity contribution >= 4 is 34.8 Å². The van der Waals surface area contributed by atoms with Crippen LogP contribution in [0.4, 0.5) is 11.5 Å². The summed E-state index contributed by atoms with van der Waals surface area (Å²) in [6, 6.07) is 14.6. The van der Waals surface area contributed by atoms with Gasteiger partial charge in [0.05, 0.1) is 6.20 Å². The van der Waals surface area contributed by atoms with Crippen molar-refractivity contribution in [1.29, 1.82) is 0 Å². The molecule has 2 N–H and O–H groups in total. The minimum atomic E-state index is -0.492. The summed E-state index contributed by atoms with van der Waals surface area (Å²) >= 11 is 6.58. The van der Waals surface area contributed by atoms with Gasteiger partial charge >= 0.3 is 0 Å². The molecule has 1 aliphatic heterocycles. The number of halogens is 1. The third-order valence-electron chi connectivity index (χ3n) is 6.22. The van der Waals surface area contributed by atoms with Gasteiger partial charge in [-0.25, -0.2) is 4.68 Å². The molecule has 1 atom stereocenters. The summed E-state index contributed by atoms with van der Waals surface area (Å²) < 4.78 is 1.71. The van der Waals surface area contributed by atoms with Crippen molar-refractivity contribution in [2.45, 2.75) is 39.7 Å². The second kappa shape index (κ2) is 7.89. The van der Waals surface area contributed by atoms with Crippen LogP contribution in [0.1, 0.15) is 54.2 Å². The SMILES string of the molecule is Cc1cccc(NC(=O)c2cnn3c2NC2=C(C(=O)CC(C)(C)C2)[C@H]3c2ccccc2Cl)c1. The standard InChI is InChI=1S/C26H25ClN4O2/c1-15-7-6-8-16(11-15)29-25(33)18-14-28-31-23(17-9-4-5-10-19(17)27)22-20(30-24(18)31)12-26(2,3)13-21(22)32/h4-11,14,23,30H,12-13H2,1-3H3,(H,29,33)/t23-/m1/s1. The minimum Gasteiger partial charge on any atom is -0.343 e. The topological polar surface area (TPSA) is 76.0 Å². The largest absolute Gasteiger partial charge is 0.343 e. The van der Waals surface area contributed by atoms with E-state index in [1.165, 1.54) is 0 Å². The molecule has 0 fully saturated rings. The van der Waals surface area contributed by atoms with Gasteiger partial charge in [0.25, 0.3) is 5.91 Å². The van der Waals surface area contributed by atoms with Crippen molar-refractivity contribution in [1.82, 2.24) is 9.78 Å². The monoisotopic (exact) mass is 460 g/mol. The summed E-state index contributed by atoms with van der Waals surface area (Å²) in [7, 11) is 0. The predicted molar refractivity (Wildman–Crippen MR) is 130 cm³/mol. The average Bonchev–Trinajstić information content (AvgIpc) is 3.15. The van der Waals surface area contributed by atoms with E-state index in [2.05, 4.69) is 29.6 Å². The van der Waals surface area contributed by atoms with Gasteiger partial charge in [-0.15, -0.1) is 0 Å². The maximum atomic E-state index is 13.3. The van der Waals surface area contributed by atoms with Gasteiger partial charge in [0, 0.05) is 28.4 Å². The van der Waals surface area contributed by atoms with Crippen molar-refractivity contribution < 1.29 is 9.59 Å². The van der Waals surface area contributed by atoms with Gasteiger partial charge in [-0.3, -0.25) is 9.59 Å². The number of ketones is 1. The molecule has 0 unspecified atom stereocenters. The quantitative estimate of drug-likeness (QED) is 0.521. The van der Waals surface area contributed by atoms with E-state index in [-0.39, 0.29) is 17.1 Å². The molecule has 2 aromatic carbocycles. The molecule has 5 rings (SSSR count). The Balaban J connectivity index is 1.61. The number of allylic oxidation sites excluding steroid dienone is 2. The van der Waals surface area contributed by atoms with Crippen LogP contribution < -0.4 is 10.6 Å². The third-order valence-corrected chi connectivity index (χ3v) is 6.57. The van der Waals surface area contributed by atoms with Crippen LogP contribution in [-0.2, 0) is 4.79 Å². The van der Waals surface area contributed by atoms with E-state index in [1.807, 2.05) is 55.5 Å². The minimum absolute atomic E-state index is 0.0746. The molecule has 0 spiro atoms. The van der Waals surface area contributed by atoms with Crippen LogP contribution in [0.2, 0.25) is 5.02 Å². The maximum absolute atomic E-state index is 13.3. The molecule has 3 aromatic rings. The van der Waals surface area contributed by atoms with Crippen LogP contribution in [0.15, 0.2) is 66.0 Å². The Hall–Kier alpha value is -3.38. The Morgan fingerprint density at radius 3 is 2.73 bits per heavy atom. The smallest absolute Gasteiger partial charge is 0.261 e. The molecule has 1 amide bonds. The number of carbonyl (C=O) groups is 2. The molecular formula is C26H25ClN4O2. The van der Waals surface area contributed by atoms with Gasteiger partial charge < -0.3 is 10.6 Å². The fraction of sp³-hybridized carbons (Fsp3) is 0.269. The van der Waals surface area contributed by atoms with Gasteiger partial charge in [-0.1, -0.05) is 55.8 Å². The first-order valence-electron chi connectivity index (χ1n) is 11.0. The maximum Gasteiger partial charge on any atom is 0.261 e. The van der Waals surface area contributed by atoms with E-state index in [0.717, 1.165) is 16.8 Å².